The Labute approximate surface area is 333 Å². The third-order valence-electron chi connectivity index (χ3n) is 10.7. The first-order valence-corrected chi connectivity index (χ1v) is 19.4. The van der Waals surface area contributed by atoms with Crippen LogP contribution in [-0.4, -0.2) is 4.57 Å². The molecule has 0 saturated heterocycles. The van der Waals surface area contributed by atoms with E-state index >= 15 is 0 Å². The molecule has 10 rings (SSSR count). The highest BCUT2D eigenvalue weighted by atomic mass is 15.1. The lowest BCUT2D eigenvalue weighted by atomic mass is 9.97. The van der Waals surface area contributed by atoms with Crippen LogP contribution >= 0.6 is 0 Å². The van der Waals surface area contributed by atoms with Crippen molar-refractivity contribution in [1.82, 2.24) is 4.57 Å². The minimum Gasteiger partial charge on any atom is -0.311 e. The van der Waals surface area contributed by atoms with Gasteiger partial charge in [-0.1, -0.05) is 133 Å². The molecule has 0 saturated carbocycles. The van der Waals surface area contributed by atoms with Crippen LogP contribution in [0.1, 0.15) is 0 Å². The predicted molar refractivity (Wildman–Crippen MR) is 241 cm³/mol. The molecule has 10 aromatic rings. The summed E-state index contributed by atoms with van der Waals surface area (Å²) < 4.78 is 2.42. The average Bonchev–Trinajstić information content (AvgIpc) is 3.63. The van der Waals surface area contributed by atoms with Gasteiger partial charge in [-0.3, -0.25) is 0 Å². The number of rotatable bonds is 9. The molecule has 0 aliphatic carbocycles. The molecule has 0 spiro atoms. The summed E-state index contributed by atoms with van der Waals surface area (Å²) in [6.45, 7) is 0. The summed E-state index contributed by atoms with van der Waals surface area (Å²) in [4.78, 5) is 4.61. The fraction of sp³-hybridized carbons (Fsp3) is 0. The molecule has 1 heterocycles. The third-order valence-corrected chi connectivity index (χ3v) is 10.7. The predicted octanol–water partition coefficient (Wildman–Crippen LogP) is 15.1. The summed E-state index contributed by atoms with van der Waals surface area (Å²) in [5.74, 6) is 0. The van der Waals surface area contributed by atoms with Gasteiger partial charge in [0.2, 0.25) is 0 Å². The van der Waals surface area contributed by atoms with Crippen LogP contribution in [0.25, 0.3) is 49.7 Å². The van der Waals surface area contributed by atoms with Crippen LogP contribution in [0.15, 0.2) is 237 Å². The third kappa shape index (κ3) is 6.52. The maximum atomic E-state index is 2.42. The lowest BCUT2D eigenvalue weighted by Gasteiger charge is -2.25. The minimum absolute atomic E-state index is 1.10. The zero-order chi connectivity index (χ0) is 38.0. The lowest BCUT2D eigenvalue weighted by Crippen LogP contribution is -2.09. The zero-order valence-corrected chi connectivity index (χ0v) is 31.4. The highest BCUT2D eigenvalue weighted by Crippen LogP contribution is 2.40. The molecule has 1 aromatic heterocycles. The quantitative estimate of drug-likeness (QED) is 0.147. The molecular formula is C54H39N3. The molecule has 0 aliphatic heterocycles. The van der Waals surface area contributed by atoms with Crippen LogP contribution in [0.5, 0.6) is 0 Å². The molecule has 3 nitrogen and oxygen atoms in total. The number of anilines is 6. The summed E-state index contributed by atoms with van der Waals surface area (Å²) in [5, 5.41) is 2.50. The average molecular weight is 730 g/mol. The van der Waals surface area contributed by atoms with Gasteiger partial charge in [-0.2, -0.15) is 0 Å². The van der Waals surface area contributed by atoms with Crippen molar-refractivity contribution in [2.75, 3.05) is 9.80 Å². The van der Waals surface area contributed by atoms with Crippen molar-refractivity contribution < 1.29 is 0 Å². The molecular weight excluding hydrogens is 691 g/mol. The van der Waals surface area contributed by atoms with Crippen molar-refractivity contribution in [3.05, 3.63) is 237 Å². The van der Waals surface area contributed by atoms with Gasteiger partial charge in [-0.15, -0.1) is 0 Å². The van der Waals surface area contributed by atoms with Gasteiger partial charge >= 0.3 is 0 Å². The molecule has 270 valence electrons. The normalized spacial score (nSPS) is 11.2. The number of benzene rings is 9. The van der Waals surface area contributed by atoms with E-state index < -0.39 is 0 Å². The van der Waals surface area contributed by atoms with Gasteiger partial charge in [0.15, 0.2) is 0 Å². The monoisotopic (exact) mass is 729 g/mol. The van der Waals surface area contributed by atoms with Crippen molar-refractivity contribution in [3.8, 4) is 27.9 Å². The fourth-order valence-corrected chi connectivity index (χ4v) is 8.08. The SMILES string of the molecule is c1ccc(N(c2ccccc2)c2ccc(-c3cc(-c4ccc(N(c5ccccc5)c5ccccc5)cc4)cc(-n4c5ccccc5c5ccccc54)c3)cc2)cc1. The maximum absolute atomic E-state index is 2.42. The molecule has 57 heavy (non-hydrogen) atoms. The summed E-state index contributed by atoms with van der Waals surface area (Å²) in [5.41, 5.74) is 14.8. The van der Waals surface area contributed by atoms with E-state index in [9.17, 15) is 0 Å². The number of nitrogens with zero attached hydrogens (tertiary/aromatic N) is 3. The van der Waals surface area contributed by atoms with E-state index in [1.54, 1.807) is 0 Å². The summed E-state index contributed by atoms with van der Waals surface area (Å²) in [7, 11) is 0. The van der Waals surface area contributed by atoms with Gasteiger partial charge in [0, 0.05) is 50.6 Å². The molecule has 0 fully saturated rings. The van der Waals surface area contributed by atoms with Crippen LogP contribution in [0.2, 0.25) is 0 Å². The van der Waals surface area contributed by atoms with Crippen molar-refractivity contribution in [1.29, 1.82) is 0 Å². The first-order valence-electron chi connectivity index (χ1n) is 19.4. The number of hydrogen-bond acceptors (Lipinski definition) is 2. The maximum Gasteiger partial charge on any atom is 0.0541 e. The number of fused-ring (bicyclic) bond motifs is 3. The van der Waals surface area contributed by atoms with E-state index in [4.69, 9.17) is 0 Å². The topological polar surface area (TPSA) is 11.4 Å². The van der Waals surface area contributed by atoms with Crippen molar-refractivity contribution in [3.63, 3.8) is 0 Å². The Morgan fingerprint density at radius 3 is 0.895 bits per heavy atom. The smallest absolute Gasteiger partial charge is 0.0541 e. The molecule has 0 unspecified atom stereocenters. The number of hydrogen-bond donors (Lipinski definition) is 0. The van der Waals surface area contributed by atoms with E-state index in [0.717, 1.165) is 62.1 Å². The van der Waals surface area contributed by atoms with Gasteiger partial charge in [0.05, 0.1) is 11.0 Å². The van der Waals surface area contributed by atoms with Gasteiger partial charge < -0.3 is 14.4 Å². The van der Waals surface area contributed by atoms with E-state index in [2.05, 4.69) is 251 Å². The van der Waals surface area contributed by atoms with Crippen LogP contribution in [0, 0.1) is 0 Å². The van der Waals surface area contributed by atoms with E-state index in [1.807, 2.05) is 0 Å². The van der Waals surface area contributed by atoms with Crippen LogP contribution in [0.4, 0.5) is 34.1 Å². The highest BCUT2D eigenvalue weighted by Gasteiger charge is 2.17. The van der Waals surface area contributed by atoms with Gasteiger partial charge in [-0.25, -0.2) is 0 Å². The molecule has 0 radical (unpaired) electrons. The Bertz CT molecular complexity index is 2640. The minimum atomic E-state index is 1.10. The Kier molecular flexibility index (Phi) is 8.86. The largest absolute Gasteiger partial charge is 0.311 e. The highest BCUT2D eigenvalue weighted by molar-refractivity contribution is 6.09. The molecule has 0 N–H and O–H groups in total. The van der Waals surface area contributed by atoms with E-state index in [1.165, 1.54) is 21.8 Å². The Morgan fingerprint density at radius 1 is 0.246 bits per heavy atom. The number of para-hydroxylation sites is 6. The molecule has 0 atom stereocenters. The van der Waals surface area contributed by atoms with E-state index in [-0.39, 0.29) is 0 Å². The Balaban J connectivity index is 1.11. The summed E-state index contributed by atoms with van der Waals surface area (Å²) >= 11 is 0. The fourth-order valence-electron chi connectivity index (χ4n) is 8.08. The zero-order valence-electron chi connectivity index (χ0n) is 31.4. The Hall–Kier alpha value is -7.62. The second-order valence-electron chi connectivity index (χ2n) is 14.2. The first-order chi connectivity index (χ1) is 28.3. The lowest BCUT2D eigenvalue weighted by molar-refractivity contribution is 1.18. The van der Waals surface area contributed by atoms with Crippen LogP contribution < -0.4 is 9.80 Å². The molecule has 9 aromatic carbocycles. The second kappa shape index (κ2) is 14.9. The first kappa shape index (κ1) is 33.9. The van der Waals surface area contributed by atoms with Crippen LogP contribution in [0.3, 0.4) is 0 Å². The second-order valence-corrected chi connectivity index (χ2v) is 14.2. The van der Waals surface area contributed by atoms with Gasteiger partial charge in [0.1, 0.15) is 0 Å². The van der Waals surface area contributed by atoms with Gasteiger partial charge in [-0.05, 0) is 125 Å². The van der Waals surface area contributed by atoms with Crippen molar-refractivity contribution in [2.24, 2.45) is 0 Å². The molecule has 0 amide bonds. The van der Waals surface area contributed by atoms with Crippen LogP contribution in [-0.2, 0) is 0 Å². The standard InChI is InChI=1S/C54H39N3/c1-5-17-44(18-6-1)55(45-19-7-2-8-20-45)48-33-29-40(30-34-48)42-37-43(39-50(38-42)57-53-27-15-13-25-51(53)52-26-14-16-28-54(52)57)41-31-35-49(36-32-41)56(46-21-9-3-10-22-46)47-23-11-4-12-24-47/h1-39H. The van der Waals surface area contributed by atoms with E-state index in [0.29, 0.717) is 0 Å². The number of aromatic nitrogens is 1. The van der Waals surface area contributed by atoms with Gasteiger partial charge in [0.25, 0.3) is 0 Å². The molecule has 3 heteroatoms. The molecule has 0 bridgehead atoms. The summed E-state index contributed by atoms with van der Waals surface area (Å²) in [6.07, 6.45) is 0. The van der Waals surface area contributed by atoms with Crippen molar-refractivity contribution >= 4 is 55.9 Å². The Morgan fingerprint density at radius 2 is 0.544 bits per heavy atom. The van der Waals surface area contributed by atoms with Crippen molar-refractivity contribution in [2.45, 2.75) is 0 Å². The molecule has 0 aliphatic rings. The summed E-state index contributed by atoms with van der Waals surface area (Å²) in [6, 6.07) is 84.7.